The third kappa shape index (κ3) is 7.07. The minimum atomic E-state index is -0.510. The first kappa shape index (κ1) is 28.2. The van der Waals surface area contributed by atoms with Crippen LogP contribution in [0.3, 0.4) is 0 Å². The smallest absolute Gasteiger partial charge is 0.255 e. The van der Waals surface area contributed by atoms with Crippen LogP contribution in [0.25, 0.3) is 0 Å². The van der Waals surface area contributed by atoms with E-state index < -0.39 is 11.7 Å². The molecule has 5 rings (SSSR count). The predicted octanol–water partition coefficient (Wildman–Crippen LogP) is 3.83. The number of rotatable bonds is 6. The van der Waals surface area contributed by atoms with Crippen LogP contribution >= 0.6 is 0 Å². The van der Waals surface area contributed by atoms with Crippen LogP contribution in [-0.4, -0.2) is 65.9 Å². The van der Waals surface area contributed by atoms with Crippen molar-refractivity contribution < 1.29 is 18.8 Å². The third-order valence-corrected chi connectivity index (χ3v) is 7.73. The molecule has 2 fully saturated rings. The Balaban J connectivity index is 1.36. The Hall–Kier alpha value is -4.31. The first-order chi connectivity index (χ1) is 19.9. The molecule has 1 saturated carbocycles. The van der Waals surface area contributed by atoms with E-state index in [0.29, 0.717) is 43.0 Å². The molecule has 10 heteroatoms. The Labute approximate surface area is 238 Å². The molecule has 0 atom stereocenters. The summed E-state index contributed by atoms with van der Waals surface area (Å²) in [6.45, 7) is 2.24. The van der Waals surface area contributed by atoms with Gasteiger partial charge in [0.25, 0.3) is 17.7 Å². The number of nitrogens with zero attached hydrogens (tertiary/aromatic N) is 3. The molecule has 0 bridgehead atoms. The molecule has 3 aromatic rings. The normalized spacial score (nSPS) is 19.3. The SMILES string of the molecule is NC1CCC(NC(=O)c2ccc(N3CCCN(C(=O)c4cccnc4)CC3)c(NC(=O)c3cccc(F)c3)c2)CC1. The van der Waals surface area contributed by atoms with Crippen molar-refractivity contribution in [3.8, 4) is 0 Å². The topological polar surface area (TPSA) is 121 Å². The monoisotopic (exact) mass is 558 g/mol. The molecule has 0 spiro atoms. The number of pyridine rings is 1. The van der Waals surface area contributed by atoms with E-state index in [0.717, 1.165) is 37.8 Å². The largest absolute Gasteiger partial charge is 0.368 e. The van der Waals surface area contributed by atoms with Gasteiger partial charge < -0.3 is 26.2 Å². The first-order valence-electron chi connectivity index (χ1n) is 14.1. The fourth-order valence-corrected chi connectivity index (χ4v) is 5.44. The van der Waals surface area contributed by atoms with Crippen LogP contribution in [0.4, 0.5) is 15.8 Å². The minimum absolute atomic E-state index is 0.0567. The van der Waals surface area contributed by atoms with E-state index in [1.807, 2.05) is 6.07 Å². The van der Waals surface area contributed by atoms with Gasteiger partial charge in [-0.05, 0) is 80.6 Å². The lowest BCUT2D eigenvalue weighted by atomic mass is 9.91. The summed E-state index contributed by atoms with van der Waals surface area (Å²) in [5.74, 6) is -1.28. The number of anilines is 2. The van der Waals surface area contributed by atoms with Gasteiger partial charge in [-0.2, -0.15) is 0 Å². The molecule has 0 unspecified atom stereocenters. The van der Waals surface area contributed by atoms with Gasteiger partial charge in [-0.3, -0.25) is 19.4 Å². The second-order valence-corrected chi connectivity index (χ2v) is 10.7. The molecule has 0 radical (unpaired) electrons. The highest BCUT2D eigenvalue weighted by atomic mass is 19.1. The van der Waals surface area contributed by atoms with Crippen molar-refractivity contribution in [2.45, 2.75) is 44.2 Å². The zero-order valence-electron chi connectivity index (χ0n) is 22.9. The lowest BCUT2D eigenvalue weighted by molar-refractivity contribution is 0.0766. The number of carbonyl (C=O) groups is 3. The van der Waals surface area contributed by atoms with Crippen molar-refractivity contribution >= 4 is 29.1 Å². The molecular formula is C31H35FN6O3. The molecule has 2 aromatic carbocycles. The summed E-state index contributed by atoms with van der Waals surface area (Å²) in [5.41, 5.74) is 8.32. The summed E-state index contributed by atoms with van der Waals surface area (Å²) in [7, 11) is 0. The second-order valence-electron chi connectivity index (χ2n) is 10.7. The molecular weight excluding hydrogens is 523 g/mol. The van der Waals surface area contributed by atoms with Crippen molar-refractivity contribution in [2.75, 3.05) is 36.4 Å². The Morgan fingerprint density at radius 2 is 1.63 bits per heavy atom. The molecule has 4 N–H and O–H groups in total. The number of amides is 3. The van der Waals surface area contributed by atoms with E-state index in [1.165, 1.54) is 24.3 Å². The number of nitrogens with two attached hydrogens (primary N) is 1. The van der Waals surface area contributed by atoms with E-state index in [1.54, 1.807) is 41.6 Å². The highest BCUT2D eigenvalue weighted by Gasteiger charge is 2.25. The Kier molecular flexibility index (Phi) is 8.88. The number of aromatic nitrogens is 1. The first-order valence-corrected chi connectivity index (χ1v) is 14.1. The van der Waals surface area contributed by atoms with Gasteiger partial charge in [0, 0.05) is 61.8 Å². The maximum Gasteiger partial charge on any atom is 0.255 e. The molecule has 2 aliphatic rings. The zero-order valence-corrected chi connectivity index (χ0v) is 22.9. The Morgan fingerprint density at radius 3 is 2.39 bits per heavy atom. The van der Waals surface area contributed by atoms with E-state index in [-0.39, 0.29) is 29.5 Å². The van der Waals surface area contributed by atoms with Gasteiger partial charge in [-0.25, -0.2) is 4.39 Å². The number of halogens is 1. The van der Waals surface area contributed by atoms with E-state index in [4.69, 9.17) is 5.73 Å². The maximum atomic E-state index is 13.8. The average Bonchev–Trinajstić information content (AvgIpc) is 3.25. The quantitative estimate of drug-likeness (QED) is 0.423. The molecule has 3 amide bonds. The molecule has 1 aromatic heterocycles. The highest BCUT2D eigenvalue weighted by Crippen LogP contribution is 2.30. The molecule has 1 saturated heterocycles. The van der Waals surface area contributed by atoms with Crippen LogP contribution < -0.4 is 21.3 Å². The van der Waals surface area contributed by atoms with Crippen LogP contribution in [0, 0.1) is 5.82 Å². The fourth-order valence-electron chi connectivity index (χ4n) is 5.44. The van der Waals surface area contributed by atoms with Crippen LogP contribution in [0.15, 0.2) is 67.0 Å². The van der Waals surface area contributed by atoms with Crippen molar-refractivity contribution in [1.29, 1.82) is 0 Å². The van der Waals surface area contributed by atoms with E-state index >= 15 is 0 Å². The van der Waals surface area contributed by atoms with Gasteiger partial charge in [-0.15, -0.1) is 0 Å². The Bertz CT molecular complexity index is 1390. The molecule has 2 heterocycles. The molecule has 214 valence electrons. The zero-order chi connectivity index (χ0) is 28.8. The van der Waals surface area contributed by atoms with Crippen LogP contribution in [0.5, 0.6) is 0 Å². The van der Waals surface area contributed by atoms with Crippen LogP contribution in [-0.2, 0) is 0 Å². The highest BCUT2D eigenvalue weighted by molar-refractivity contribution is 6.07. The lowest BCUT2D eigenvalue weighted by Crippen LogP contribution is -2.40. The van der Waals surface area contributed by atoms with Gasteiger partial charge in [0.05, 0.1) is 16.9 Å². The van der Waals surface area contributed by atoms with Crippen molar-refractivity contribution in [3.05, 3.63) is 89.5 Å². The van der Waals surface area contributed by atoms with Crippen LogP contribution in [0.1, 0.15) is 63.2 Å². The summed E-state index contributed by atoms with van der Waals surface area (Å²) in [5, 5.41) is 6.00. The van der Waals surface area contributed by atoms with Gasteiger partial charge in [0.2, 0.25) is 0 Å². The Morgan fingerprint density at radius 1 is 0.854 bits per heavy atom. The minimum Gasteiger partial charge on any atom is -0.368 e. The van der Waals surface area contributed by atoms with Crippen molar-refractivity contribution in [3.63, 3.8) is 0 Å². The molecule has 1 aliphatic heterocycles. The van der Waals surface area contributed by atoms with Crippen molar-refractivity contribution in [2.24, 2.45) is 5.73 Å². The predicted molar refractivity (Wildman–Crippen MR) is 155 cm³/mol. The number of carbonyl (C=O) groups excluding carboxylic acids is 3. The summed E-state index contributed by atoms with van der Waals surface area (Å²) >= 11 is 0. The van der Waals surface area contributed by atoms with Gasteiger partial charge >= 0.3 is 0 Å². The number of hydrogen-bond acceptors (Lipinski definition) is 6. The van der Waals surface area contributed by atoms with E-state index in [9.17, 15) is 18.8 Å². The van der Waals surface area contributed by atoms with Crippen LogP contribution in [0.2, 0.25) is 0 Å². The summed E-state index contributed by atoms with van der Waals surface area (Å²) in [4.78, 5) is 47.3. The molecule has 1 aliphatic carbocycles. The van der Waals surface area contributed by atoms with Gasteiger partial charge in [0.15, 0.2) is 0 Å². The summed E-state index contributed by atoms with van der Waals surface area (Å²) < 4.78 is 13.8. The fraction of sp³-hybridized carbons (Fsp3) is 0.355. The number of nitrogens with one attached hydrogen (secondary N) is 2. The summed E-state index contributed by atoms with van der Waals surface area (Å²) in [6.07, 6.45) is 7.31. The van der Waals surface area contributed by atoms with Gasteiger partial charge in [-0.1, -0.05) is 6.07 Å². The number of hydrogen-bond donors (Lipinski definition) is 3. The van der Waals surface area contributed by atoms with E-state index in [2.05, 4.69) is 20.5 Å². The average molecular weight is 559 g/mol. The van der Waals surface area contributed by atoms with Gasteiger partial charge in [0.1, 0.15) is 5.82 Å². The number of benzene rings is 2. The lowest BCUT2D eigenvalue weighted by Gasteiger charge is -2.28. The molecule has 41 heavy (non-hydrogen) atoms. The third-order valence-electron chi connectivity index (χ3n) is 7.73. The molecule has 9 nitrogen and oxygen atoms in total. The second kappa shape index (κ2) is 12.9. The summed E-state index contributed by atoms with van der Waals surface area (Å²) in [6, 6.07) is 14.4. The van der Waals surface area contributed by atoms with Crippen molar-refractivity contribution in [1.82, 2.24) is 15.2 Å². The maximum absolute atomic E-state index is 13.8. The standard InChI is InChI=1S/C31H35FN6O3/c32-24-6-1-4-21(18-24)30(40)36-27-19-22(29(39)35-26-10-8-25(33)9-11-26)7-12-28(27)37-14-3-15-38(17-16-37)31(41)23-5-2-13-34-20-23/h1-2,4-7,12-13,18-20,25-26H,3,8-11,14-17,33H2,(H,35,39)(H,36,40).